The van der Waals surface area contributed by atoms with Crippen molar-refractivity contribution in [2.24, 2.45) is 0 Å². The predicted octanol–water partition coefficient (Wildman–Crippen LogP) is 2.57. The van der Waals surface area contributed by atoms with Gasteiger partial charge in [-0.3, -0.25) is 19.7 Å². The highest BCUT2D eigenvalue weighted by atomic mass is 32.2. The minimum atomic E-state index is -4.24. The predicted molar refractivity (Wildman–Crippen MR) is 102 cm³/mol. The molecule has 0 saturated heterocycles. The number of hydrogen-bond donors (Lipinski definition) is 1. The van der Waals surface area contributed by atoms with Gasteiger partial charge in [0.15, 0.2) is 5.78 Å². The summed E-state index contributed by atoms with van der Waals surface area (Å²) in [6.07, 6.45) is 0. The van der Waals surface area contributed by atoms with Crippen molar-refractivity contribution in [3.63, 3.8) is 0 Å². The monoisotopic (exact) mass is 407 g/mol. The van der Waals surface area contributed by atoms with E-state index < -0.39 is 21.9 Å². The Labute approximate surface area is 166 Å². The Bertz CT molecular complexity index is 1250. The molecule has 4 rings (SSSR count). The number of carbonyl (C=O) groups is 3. The topological polar surface area (TPSA) is 107 Å². The van der Waals surface area contributed by atoms with E-state index in [9.17, 15) is 22.8 Å². The molecule has 1 aliphatic heterocycles. The summed E-state index contributed by atoms with van der Waals surface area (Å²) in [5, 5.41) is 2.10. The van der Waals surface area contributed by atoms with Gasteiger partial charge in [0.2, 0.25) is 0 Å². The molecule has 3 aromatic carbocycles. The standard InChI is InChI=1S/C21H13NO6S/c23-19(13-4-2-1-3-5-13)14-6-8-15(9-7-14)28-29(26,27)16-10-11-17-18(12-16)21(25)22-20(17)24/h1-12H,(H,22,24,25). The lowest BCUT2D eigenvalue weighted by atomic mass is 10.0. The van der Waals surface area contributed by atoms with Gasteiger partial charge in [0.1, 0.15) is 10.6 Å². The molecule has 1 aliphatic rings. The Hall–Kier alpha value is -3.78. The fourth-order valence-corrected chi connectivity index (χ4v) is 3.85. The summed E-state index contributed by atoms with van der Waals surface area (Å²) in [6.45, 7) is 0. The third-order valence-electron chi connectivity index (χ3n) is 4.35. The first-order valence-electron chi connectivity index (χ1n) is 8.49. The van der Waals surface area contributed by atoms with Crippen LogP contribution in [0.1, 0.15) is 36.6 Å². The van der Waals surface area contributed by atoms with Crippen molar-refractivity contribution in [2.75, 3.05) is 0 Å². The highest BCUT2D eigenvalue weighted by Gasteiger charge is 2.29. The third kappa shape index (κ3) is 3.53. The van der Waals surface area contributed by atoms with Gasteiger partial charge in [-0.05, 0) is 42.5 Å². The summed E-state index contributed by atoms with van der Waals surface area (Å²) >= 11 is 0. The molecule has 1 N–H and O–H groups in total. The zero-order valence-corrected chi connectivity index (χ0v) is 15.6. The number of fused-ring (bicyclic) bond motifs is 1. The van der Waals surface area contributed by atoms with Crippen molar-refractivity contribution in [3.8, 4) is 5.75 Å². The zero-order chi connectivity index (χ0) is 20.6. The van der Waals surface area contributed by atoms with E-state index in [0.717, 1.165) is 6.07 Å². The van der Waals surface area contributed by atoms with Gasteiger partial charge in [-0.1, -0.05) is 30.3 Å². The van der Waals surface area contributed by atoms with Crippen LogP contribution in [0.3, 0.4) is 0 Å². The molecule has 0 aromatic heterocycles. The number of ketones is 1. The van der Waals surface area contributed by atoms with E-state index in [0.29, 0.717) is 11.1 Å². The number of hydrogen-bond acceptors (Lipinski definition) is 6. The molecule has 0 saturated carbocycles. The van der Waals surface area contributed by atoms with Gasteiger partial charge in [0, 0.05) is 11.1 Å². The van der Waals surface area contributed by atoms with Gasteiger partial charge in [0.25, 0.3) is 11.8 Å². The molecule has 8 heteroatoms. The van der Waals surface area contributed by atoms with Gasteiger partial charge in [0.05, 0.1) is 11.1 Å². The van der Waals surface area contributed by atoms with Gasteiger partial charge >= 0.3 is 10.1 Å². The molecule has 0 atom stereocenters. The van der Waals surface area contributed by atoms with E-state index in [-0.39, 0.29) is 27.6 Å². The second-order valence-electron chi connectivity index (χ2n) is 6.25. The van der Waals surface area contributed by atoms with E-state index in [4.69, 9.17) is 4.18 Å². The highest BCUT2D eigenvalue weighted by molar-refractivity contribution is 7.87. The van der Waals surface area contributed by atoms with Crippen LogP contribution in [-0.2, 0) is 10.1 Å². The Kier molecular flexibility index (Phi) is 4.48. The molecule has 3 aromatic rings. The number of imide groups is 1. The lowest BCUT2D eigenvalue weighted by molar-refractivity contribution is 0.0878. The summed E-state index contributed by atoms with van der Waals surface area (Å²) in [5.74, 6) is -1.43. The van der Waals surface area contributed by atoms with Gasteiger partial charge in [-0.15, -0.1) is 0 Å². The molecular formula is C21H13NO6S. The largest absolute Gasteiger partial charge is 0.379 e. The smallest absolute Gasteiger partial charge is 0.339 e. The second-order valence-corrected chi connectivity index (χ2v) is 7.79. The van der Waals surface area contributed by atoms with E-state index in [1.807, 2.05) is 0 Å². The van der Waals surface area contributed by atoms with Crippen molar-refractivity contribution >= 4 is 27.7 Å². The molecule has 7 nitrogen and oxygen atoms in total. The summed E-state index contributed by atoms with van der Waals surface area (Å²) in [7, 11) is -4.24. The normalized spacial score (nSPS) is 13.0. The molecule has 2 amide bonds. The van der Waals surface area contributed by atoms with Crippen LogP contribution >= 0.6 is 0 Å². The number of carbonyl (C=O) groups excluding carboxylic acids is 3. The van der Waals surface area contributed by atoms with E-state index in [2.05, 4.69) is 5.32 Å². The average Bonchev–Trinajstić information content (AvgIpc) is 3.02. The van der Waals surface area contributed by atoms with E-state index in [1.165, 1.54) is 36.4 Å². The van der Waals surface area contributed by atoms with Crippen LogP contribution in [0, 0.1) is 0 Å². The fraction of sp³-hybridized carbons (Fsp3) is 0. The van der Waals surface area contributed by atoms with E-state index >= 15 is 0 Å². The first-order valence-corrected chi connectivity index (χ1v) is 9.90. The van der Waals surface area contributed by atoms with Crippen LogP contribution in [0.15, 0.2) is 77.7 Å². The van der Waals surface area contributed by atoms with Crippen LogP contribution in [0.5, 0.6) is 5.75 Å². The molecule has 0 unspecified atom stereocenters. The van der Waals surface area contributed by atoms with Crippen LogP contribution < -0.4 is 9.50 Å². The molecule has 0 aliphatic carbocycles. The van der Waals surface area contributed by atoms with Gasteiger partial charge < -0.3 is 4.18 Å². The SMILES string of the molecule is O=C(c1ccccc1)c1ccc(OS(=O)(=O)c2ccc3c(c2)C(=O)NC3=O)cc1. The van der Waals surface area contributed by atoms with Crippen LogP contribution in [0.25, 0.3) is 0 Å². The van der Waals surface area contributed by atoms with Crippen LogP contribution in [0.4, 0.5) is 0 Å². The number of benzene rings is 3. The van der Waals surface area contributed by atoms with Crippen LogP contribution in [0.2, 0.25) is 0 Å². The molecule has 0 bridgehead atoms. The molecule has 144 valence electrons. The first kappa shape index (κ1) is 18.6. The fourth-order valence-electron chi connectivity index (χ4n) is 2.90. The maximum absolute atomic E-state index is 12.5. The Morgan fingerprint density at radius 1 is 0.759 bits per heavy atom. The lowest BCUT2D eigenvalue weighted by Crippen LogP contribution is -2.19. The summed E-state index contributed by atoms with van der Waals surface area (Å²) in [5.41, 5.74) is 0.981. The maximum atomic E-state index is 12.5. The molecule has 0 spiro atoms. The van der Waals surface area contributed by atoms with Crippen LogP contribution in [-0.4, -0.2) is 26.0 Å². The van der Waals surface area contributed by atoms with Crippen molar-refractivity contribution < 1.29 is 27.0 Å². The summed E-state index contributed by atoms with van der Waals surface area (Å²) in [6, 6.07) is 17.9. The minimum absolute atomic E-state index is 0.00985. The number of nitrogens with one attached hydrogen (secondary N) is 1. The summed E-state index contributed by atoms with van der Waals surface area (Å²) < 4.78 is 30.1. The Morgan fingerprint density at radius 2 is 1.38 bits per heavy atom. The van der Waals surface area contributed by atoms with Gasteiger partial charge in [-0.2, -0.15) is 8.42 Å². The van der Waals surface area contributed by atoms with Crippen molar-refractivity contribution in [1.82, 2.24) is 5.32 Å². The number of amides is 2. The summed E-state index contributed by atoms with van der Waals surface area (Å²) in [4.78, 5) is 35.5. The maximum Gasteiger partial charge on any atom is 0.339 e. The Balaban J connectivity index is 1.56. The average molecular weight is 407 g/mol. The van der Waals surface area contributed by atoms with E-state index in [1.54, 1.807) is 30.3 Å². The lowest BCUT2D eigenvalue weighted by Gasteiger charge is -2.08. The zero-order valence-electron chi connectivity index (χ0n) is 14.8. The van der Waals surface area contributed by atoms with Gasteiger partial charge in [-0.25, -0.2) is 0 Å². The third-order valence-corrected chi connectivity index (χ3v) is 5.60. The second kappa shape index (κ2) is 6.99. The molecule has 1 heterocycles. The molecule has 0 radical (unpaired) electrons. The number of rotatable bonds is 5. The molecule has 0 fully saturated rings. The molecule has 29 heavy (non-hydrogen) atoms. The minimum Gasteiger partial charge on any atom is -0.379 e. The Morgan fingerprint density at radius 3 is 2.07 bits per heavy atom. The molecular weight excluding hydrogens is 394 g/mol. The first-order chi connectivity index (χ1) is 13.8. The van der Waals surface area contributed by atoms with Crippen molar-refractivity contribution in [3.05, 3.63) is 95.1 Å². The van der Waals surface area contributed by atoms with Crippen molar-refractivity contribution in [2.45, 2.75) is 4.90 Å². The quantitative estimate of drug-likeness (QED) is 0.396. The highest BCUT2D eigenvalue weighted by Crippen LogP contribution is 2.24. The van der Waals surface area contributed by atoms with Crippen molar-refractivity contribution in [1.29, 1.82) is 0 Å².